The van der Waals surface area contributed by atoms with Crippen LogP contribution < -0.4 is 0 Å². The Morgan fingerprint density at radius 1 is 0.938 bits per heavy atom. The van der Waals surface area contributed by atoms with Crippen LogP contribution in [0, 0.1) is 18.3 Å². The van der Waals surface area contributed by atoms with Crippen molar-refractivity contribution in [1.29, 1.82) is 5.26 Å². The van der Waals surface area contributed by atoms with Crippen LogP contribution >= 0.6 is 0 Å². The molecule has 0 bridgehead atoms. The third-order valence-electron chi connectivity index (χ3n) is 5.32. The lowest BCUT2D eigenvalue weighted by molar-refractivity contribution is -0.137. The highest BCUT2D eigenvalue weighted by Gasteiger charge is 2.30. The number of imidazole rings is 1. The average Bonchev–Trinajstić information content (AvgIpc) is 3.20. The fourth-order valence-corrected chi connectivity index (χ4v) is 3.71. The summed E-state index contributed by atoms with van der Waals surface area (Å²) >= 11 is 0. The number of nitrogens with zero attached hydrogens (tertiary/aromatic N) is 2. The minimum Gasteiger partial charge on any atom is -0.348 e. The first-order chi connectivity index (χ1) is 15.3. The lowest BCUT2D eigenvalue weighted by atomic mass is 9.96. The predicted molar refractivity (Wildman–Crippen MR) is 117 cm³/mol. The van der Waals surface area contributed by atoms with Gasteiger partial charge in [0, 0.05) is 19.0 Å². The first kappa shape index (κ1) is 21.4. The third-order valence-corrected chi connectivity index (χ3v) is 5.32. The Labute approximate surface area is 184 Å². The van der Waals surface area contributed by atoms with Gasteiger partial charge in [-0.05, 0) is 59.0 Å². The highest BCUT2D eigenvalue weighted by molar-refractivity contribution is 5.68. The van der Waals surface area contributed by atoms with E-state index in [2.05, 4.69) is 16.0 Å². The highest BCUT2D eigenvalue weighted by Crippen LogP contribution is 2.33. The normalized spacial score (nSPS) is 11.3. The first-order valence-electron chi connectivity index (χ1n) is 10.1. The van der Waals surface area contributed by atoms with E-state index in [0.717, 1.165) is 39.8 Å². The molecule has 4 aromatic rings. The molecular weight excluding hydrogens is 411 g/mol. The van der Waals surface area contributed by atoms with Gasteiger partial charge >= 0.3 is 6.18 Å². The monoisotopic (exact) mass is 431 g/mol. The van der Waals surface area contributed by atoms with E-state index in [1.807, 2.05) is 43.5 Å². The zero-order valence-corrected chi connectivity index (χ0v) is 17.4. The molecule has 0 aliphatic carbocycles. The number of alkyl halides is 3. The summed E-state index contributed by atoms with van der Waals surface area (Å²) in [6, 6.07) is 20.7. The van der Waals surface area contributed by atoms with Crippen LogP contribution in [-0.2, 0) is 19.0 Å². The van der Waals surface area contributed by atoms with Gasteiger partial charge in [0.25, 0.3) is 0 Å². The molecule has 0 spiro atoms. The number of aryl methyl sites for hydroxylation is 1. The number of halogens is 3. The summed E-state index contributed by atoms with van der Waals surface area (Å²) in [6.45, 7) is 1.90. The first-order valence-corrected chi connectivity index (χ1v) is 10.1. The summed E-state index contributed by atoms with van der Waals surface area (Å²) in [6.07, 6.45) is -1.23. The van der Waals surface area contributed by atoms with Crippen molar-refractivity contribution in [3.05, 3.63) is 112 Å². The van der Waals surface area contributed by atoms with Gasteiger partial charge in [-0.2, -0.15) is 18.4 Å². The molecule has 0 fully saturated rings. The van der Waals surface area contributed by atoms with Crippen LogP contribution in [0.5, 0.6) is 0 Å². The Bertz CT molecular complexity index is 1280. The molecule has 0 saturated heterocycles. The van der Waals surface area contributed by atoms with Gasteiger partial charge in [-0.15, -0.1) is 0 Å². The van der Waals surface area contributed by atoms with Crippen LogP contribution in [0.25, 0.3) is 11.1 Å². The van der Waals surface area contributed by atoms with Crippen molar-refractivity contribution < 1.29 is 13.2 Å². The lowest BCUT2D eigenvalue weighted by Crippen LogP contribution is -2.04. The van der Waals surface area contributed by atoms with Crippen molar-refractivity contribution in [3.8, 4) is 17.2 Å². The summed E-state index contributed by atoms with van der Waals surface area (Å²) in [5.41, 5.74) is 5.21. The fraction of sp³-hybridized carbons (Fsp3) is 0.154. The topological polar surface area (TPSA) is 52.5 Å². The number of nitriles is 1. The minimum absolute atomic E-state index is 0.548. The highest BCUT2D eigenvalue weighted by atomic mass is 19.4. The van der Waals surface area contributed by atoms with Crippen LogP contribution in [0.1, 0.15) is 39.3 Å². The zero-order chi connectivity index (χ0) is 22.7. The van der Waals surface area contributed by atoms with Gasteiger partial charge in [0.2, 0.25) is 0 Å². The van der Waals surface area contributed by atoms with Crippen molar-refractivity contribution in [2.75, 3.05) is 0 Å². The van der Waals surface area contributed by atoms with Crippen molar-refractivity contribution in [3.63, 3.8) is 0 Å². The molecule has 4 rings (SSSR count). The van der Waals surface area contributed by atoms with E-state index in [1.165, 1.54) is 12.1 Å². The maximum atomic E-state index is 13.0. The fourth-order valence-electron chi connectivity index (χ4n) is 3.71. The smallest absolute Gasteiger partial charge is 0.348 e. The van der Waals surface area contributed by atoms with Crippen molar-refractivity contribution in [2.24, 2.45) is 0 Å². The summed E-state index contributed by atoms with van der Waals surface area (Å²) in [4.78, 5) is 7.85. The molecule has 1 heterocycles. The number of hydrogen-bond donors (Lipinski definition) is 1. The Morgan fingerprint density at radius 3 is 2.38 bits per heavy atom. The number of aromatic amines is 1. The number of aromatic nitrogens is 2. The van der Waals surface area contributed by atoms with Gasteiger partial charge in [-0.25, -0.2) is 4.98 Å². The van der Waals surface area contributed by atoms with Gasteiger partial charge in [0.05, 0.1) is 22.9 Å². The summed E-state index contributed by atoms with van der Waals surface area (Å²) in [5.74, 6) is 0.819. The van der Waals surface area contributed by atoms with Gasteiger partial charge in [-0.1, -0.05) is 42.5 Å². The molecule has 0 atom stereocenters. The van der Waals surface area contributed by atoms with E-state index in [4.69, 9.17) is 5.26 Å². The maximum Gasteiger partial charge on any atom is 0.416 e. The number of nitrogens with one attached hydrogen (secondary N) is 1. The van der Waals surface area contributed by atoms with Crippen molar-refractivity contribution >= 4 is 0 Å². The molecule has 0 saturated carbocycles. The summed E-state index contributed by atoms with van der Waals surface area (Å²) in [7, 11) is 0. The minimum atomic E-state index is -4.36. The standard InChI is InChI=1S/C26H20F3N3/c1-17-11-20(9-10-24(17)21-3-2-4-22(14-21)26(27,28)29)13-25-31-16-23(32-25)12-18-5-7-19(15-30)8-6-18/h2-11,14,16H,12-13H2,1H3,(H,31,32). The molecule has 6 heteroatoms. The number of H-pyrrole nitrogens is 1. The van der Waals surface area contributed by atoms with Crippen LogP contribution in [0.2, 0.25) is 0 Å². The SMILES string of the molecule is Cc1cc(Cc2nc(Cc3ccc(C#N)cc3)c[nH]2)ccc1-c1cccc(C(F)(F)F)c1. The molecule has 0 amide bonds. The average molecular weight is 431 g/mol. The Kier molecular flexibility index (Phi) is 5.83. The Balaban J connectivity index is 1.48. The van der Waals surface area contributed by atoms with E-state index in [1.54, 1.807) is 18.2 Å². The molecule has 160 valence electrons. The van der Waals surface area contributed by atoms with Crippen LogP contribution in [0.4, 0.5) is 13.2 Å². The van der Waals surface area contributed by atoms with Gasteiger partial charge in [0.1, 0.15) is 5.82 Å². The van der Waals surface area contributed by atoms with E-state index >= 15 is 0 Å². The Hall–Kier alpha value is -3.85. The van der Waals surface area contributed by atoms with Gasteiger partial charge < -0.3 is 4.98 Å². The quantitative estimate of drug-likeness (QED) is 0.394. The maximum absolute atomic E-state index is 13.0. The van der Waals surface area contributed by atoms with Crippen LogP contribution in [0.15, 0.2) is 72.9 Å². The van der Waals surface area contributed by atoms with E-state index in [9.17, 15) is 13.2 Å². The second-order valence-corrected chi connectivity index (χ2v) is 7.73. The molecule has 1 aromatic heterocycles. The largest absolute Gasteiger partial charge is 0.416 e. The Morgan fingerprint density at radius 2 is 1.69 bits per heavy atom. The third kappa shape index (κ3) is 4.89. The molecule has 0 unspecified atom stereocenters. The molecule has 0 radical (unpaired) electrons. The second kappa shape index (κ2) is 8.72. The number of benzene rings is 3. The molecule has 32 heavy (non-hydrogen) atoms. The molecule has 3 nitrogen and oxygen atoms in total. The predicted octanol–water partition coefficient (Wildman–Crippen LogP) is 6.46. The van der Waals surface area contributed by atoms with Crippen LogP contribution in [0.3, 0.4) is 0 Å². The van der Waals surface area contributed by atoms with E-state index < -0.39 is 11.7 Å². The van der Waals surface area contributed by atoms with E-state index in [0.29, 0.717) is 24.0 Å². The number of hydrogen-bond acceptors (Lipinski definition) is 2. The molecule has 0 aliphatic rings. The summed E-state index contributed by atoms with van der Waals surface area (Å²) in [5, 5.41) is 8.89. The van der Waals surface area contributed by atoms with E-state index in [-0.39, 0.29) is 0 Å². The molecule has 0 aliphatic heterocycles. The summed E-state index contributed by atoms with van der Waals surface area (Å²) < 4.78 is 39.1. The lowest BCUT2D eigenvalue weighted by Gasteiger charge is -2.12. The van der Waals surface area contributed by atoms with Gasteiger partial charge in [0.15, 0.2) is 0 Å². The van der Waals surface area contributed by atoms with Gasteiger partial charge in [-0.3, -0.25) is 0 Å². The molecular formula is C26H20F3N3. The number of rotatable bonds is 5. The molecule has 3 aromatic carbocycles. The van der Waals surface area contributed by atoms with Crippen LogP contribution in [-0.4, -0.2) is 9.97 Å². The molecule has 1 N–H and O–H groups in total. The zero-order valence-electron chi connectivity index (χ0n) is 17.4. The second-order valence-electron chi connectivity index (χ2n) is 7.73. The van der Waals surface area contributed by atoms with Crippen molar-refractivity contribution in [1.82, 2.24) is 9.97 Å². The van der Waals surface area contributed by atoms with Crippen molar-refractivity contribution in [2.45, 2.75) is 25.9 Å².